The van der Waals surface area contributed by atoms with Crippen LogP contribution in [0.5, 0.6) is 0 Å². The SMILES string of the molecule is Cc1cc(Br)cnc1NCc1ncc[nH]1. The molecule has 0 saturated carbocycles. The van der Waals surface area contributed by atoms with E-state index in [-0.39, 0.29) is 0 Å². The number of hydrogen-bond donors (Lipinski definition) is 2. The number of halogens is 1. The second-order valence-corrected chi connectivity index (χ2v) is 4.12. The van der Waals surface area contributed by atoms with Crippen molar-refractivity contribution in [3.63, 3.8) is 0 Å². The summed E-state index contributed by atoms with van der Waals surface area (Å²) in [6.45, 7) is 2.67. The minimum absolute atomic E-state index is 0.655. The molecular formula is C10H11BrN4. The molecule has 0 aliphatic rings. The second-order valence-electron chi connectivity index (χ2n) is 3.21. The molecule has 0 spiro atoms. The van der Waals surface area contributed by atoms with Crippen molar-refractivity contribution >= 4 is 21.7 Å². The Hall–Kier alpha value is -1.36. The lowest BCUT2D eigenvalue weighted by Gasteiger charge is -2.06. The number of nitrogens with one attached hydrogen (secondary N) is 2. The number of rotatable bonds is 3. The van der Waals surface area contributed by atoms with E-state index in [1.165, 1.54) is 0 Å². The van der Waals surface area contributed by atoms with Gasteiger partial charge in [0.1, 0.15) is 11.6 Å². The van der Waals surface area contributed by atoms with Crippen molar-refractivity contribution in [2.75, 3.05) is 5.32 Å². The van der Waals surface area contributed by atoms with Gasteiger partial charge in [0.2, 0.25) is 0 Å². The first-order valence-electron chi connectivity index (χ1n) is 4.60. The minimum Gasteiger partial charge on any atom is -0.363 e. The van der Waals surface area contributed by atoms with Crippen LogP contribution in [0.1, 0.15) is 11.4 Å². The summed E-state index contributed by atoms with van der Waals surface area (Å²) in [6.07, 6.45) is 5.31. The highest BCUT2D eigenvalue weighted by molar-refractivity contribution is 9.10. The van der Waals surface area contributed by atoms with Crippen LogP contribution in [-0.2, 0) is 6.54 Å². The molecule has 5 heteroatoms. The number of pyridine rings is 1. The molecule has 0 radical (unpaired) electrons. The van der Waals surface area contributed by atoms with Crippen molar-refractivity contribution in [3.8, 4) is 0 Å². The third kappa shape index (κ3) is 2.56. The third-order valence-electron chi connectivity index (χ3n) is 2.02. The number of aromatic amines is 1. The Morgan fingerprint density at radius 2 is 2.33 bits per heavy atom. The van der Waals surface area contributed by atoms with Gasteiger partial charge in [0.25, 0.3) is 0 Å². The van der Waals surface area contributed by atoms with Gasteiger partial charge in [-0.05, 0) is 34.5 Å². The molecule has 0 aliphatic carbocycles. The zero-order valence-corrected chi connectivity index (χ0v) is 9.87. The van der Waals surface area contributed by atoms with Gasteiger partial charge in [0, 0.05) is 23.1 Å². The normalized spacial score (nSPS) is 10.3. The molecule has 0 aliphatic heterocycles. The van der Waals surface area contributed by atoms with Gasteiger partial charge in [-0.3, -0.25) is 0 Å². The number of aryl methyl sites for hydroxylation is 1. The molecule has 0 aromatic carbocycles. The molecule has 0 unspecified atom stereocenters. The molecule has 0 fully saturated rings. The van der Waals surface area contributed by atoms with E-state index >= 15 is 0 Å². The topological polar surface area (TPSA) is 53.6 Å². The molecule has 2 aromatic rings. The Labute approximate surface area is 96.3 Å². The Morgan fingerprint density at radius 1 is 1.47 bits per heavy atom. The standard InChI is InChI=1S/C10H11BrN4/c1-7-4-8(11)5-14-10(7)15-6-9-12-2-3-13-9/h2-5H,6H2,1H3,(H,12,13)(H,14,15). The van der Waals surface area contributed by atoms with Gasteiger partial charge in [0.15, 0.2) is 0 Å². The Morgan fingerprint density at radius 3 is 3.00 bits per heavy atom. The van der Waals surface area contributed by atoms with Gasteiger partial charge in [0.05, 0.1) is 6.54 Å². The molecule has 0 atom stereocenters. The zero-order chi connectivity index (χ0) is 10.7. The van der Waals surface area contributed by atoms with E-state index in [0.717, 1.165) is 21.7 Å². The highest BCUT2D eigenvalue weighted by Gasteiger charge is 2.00. The van der Waals surface area contributed by atoms with Crippen LogP contribution in [0.4, 0.5) is 5.82 Å². The molecule has 0 amide bonds. The summed E-state index contributed by atoms with van der Waals surface area (Å²) in [7, 11) is 0. The molecule has 0 saturated heterocycles. The average Bonchev–Trinajstić information content (AvgIpc) is 2.69. The van der Waals surface area contributed by atoms with Crippen molar-refractivity contribution < 1.29 is 0 Å². The first-order chi connectivity index (χ1) is 7.25. The molecular weight excluding hydrogens is 256 g/mol. The summed E-state index contributed by atoms with van der Waals surface area (Å²) in [5, 5.41) is 3.22. The number of nitrogens with zero attached hydrogens (tertiary/aromatic N) is 2. The molecule has 78 valence electrons. The maximum Gasteiger partial charge on any atom is 0.129 e. The Kier molecular flexibility index (Phi) is 3.01. The summed E-state index contributed by atoms with van der Waals surface area (Å²) >= 11 is 3.38. The third-order valence-corrected chi connectivity index (χ3v) is 2.46. The summed E-state index contributed by atoms with van der Waals surface area (Å²) in [6, 6.07) is 2.03. The highest BCUT2D eigenvalue weighted by Crippen LogP contribution is 2.16. The van der Waals surface area contributed by atoms with Crippen molar-refractivity contribution in [3.05, 3.63) is 40.5 Å². The van der Waals surface area contributed by atoms with Gasteiger partial charge in [-0.2, -0.15) is 0 Å². The molecule has 2 N–H and O–H groups in total. The van der Waals surface area contributed by atoms with Crippen LogP contribution in [-0.4, -0.2) is 15.0 Å². The lowest BCUT2D eigenvalue weighted by molar-refractivity contribution is 0.983. The zero-order valence-electron chi connectivity index (χ0n) is 8.29. The van der Waals surface area contributed by atoms with Crippen LogP contribution in [0.2, 0.25) is 0 Å². The van der Waals surface area contributed by atoms with E-state index in [9.17, 15) is 0 Å². The van der Waals surface area contributed by atoms with Gasteiger partial charge < -0.3 is 10.3 Å². The van der Waals surface area contributed by atoms with E-state index in [4.69, 9.17) is 0 Å². The second kappa shape index (κ2) is 4.44. The maximum absolute atomic E-state index is 4.28. The summed E-state index contributed by atoms with van der Waals surface area (Å²) in [5.41, 5.74) is 1.11. The van der Waals surface area contributed by atoms with Crippen LogP contribution >= 0.6 is 15.9 Å². The number of imidazole rings is 1. The van der Waals surface area contributed by atoms with E-state index in [1.807, 2.05) is 13.0 Å². The quantitative estimate of drug-likeness (QED) is 0.898. The first kappa shape index (κ1) is 10.2. The maximum atomic E-state index is 4.28. The van der Waals surface area contributed by atoms with Crippen molar-refractivity contribution in [2.45, 2.75) is 13.5 Å². The first-order valence-corrected chi connectivity index (χ1v) is 5.39. The van der Waals surface area contributed by atoms with E-state index in [0.29, 0.717) is 6.54 Å². The summed E-state index contributed by atoms with van der Waals surface area (Å²) in [5.74, 6) is 1.79. The monoisotopic (exact) mass is 266 g/mol. The Balaban J connectivity index is 2.05. The lowest BCUT2D eigenvalue weighted by atomic mass is 10.3. The van der Waals surface area contributed by atoms with Crippen LogP contribution in [0.3, 0.4) is 0 Å². The predicted molar refractivity (Wildman–Crippen MR) is 62.6 cm³/mol. The molecule has 2 heterocycles. The molecule has 4 nitrogen and oxygen atoms in total. The molecule has 15 heavy (non-hydrogen) atoms. The lowest BCUT2D eigenvalue weighted by Crippen LogP contribution is -2.04. The summed E-state index contributed by atoms with van der Waals surface area (Å²) in [4.78, 5) is 11.4. The van der Waals surface area contributed by atoms with Crippen LogP contribution in [0.25, 0.3) is 0 Å². The number of anilines is 1. The van der Waals surface area contributed by atoms with Crippen LogP contribution < -0.4 is 5.32 Å². The smallest absolute Gasteiger partial charge is 0.129 e. The van der Waals surface area contributed by atoms with Crippen LogP contribution in [0, 0.1) is 6.92 Å². The van der Waals surface area contributed by atoms with Crippen molar-refractivity contribution in [1.29, 1.82) is 0 Å². The van der Waals surface area contributed by atoms with E-state index in [2.05, 4.69) is 36.2 Å². The van der Waals surface area contributed by atoms with Crippen LogP contribution in [0.15, 0.2) is 29.1 Å². The number of H-pyrrole nitrogens is 1. The fourth-order valence-corrected chi connectivity index (χ4v) is 1.73. The molecule has 2 aromatic heterocycles. The fraction of sp³-hybridized carbons (Fsp3) is 0.200. The fourth-order valence-electron chi connectivity index (χ4n) is 1.29. The highest BCUT2D eigenvalue weighted by atomic mass is 79.9. The largest absolute Gasteiger partial charge is 0.363 e. The molecule has 0 bridgehead atoms. The van der Waals surface area contributed by atoms with E-state index in [1.54, 1.807) is 18.6 Å². The number of hydrogen-bond acceptors (Lipinski definition) is 3. The van der Waals surface area contributed by atoms with Crippen molar-refractivity contribution in [1.82, 2.24) is 15.0 Å². The van der Waals surface area contributed by atoms with Gasteiger partial charge >= 0.3 is 0 Å². The van der Waals surface area contributed by atoms with Gasteiger partial charge in [-0.1, -0.05) is 0 Å². The number of aromatic nitrogens is 3. The van der Waals surface area contributed by atoms with Crippen molar-refractivity contribution in [2.24, 2.45) is 0 Å². The minimum atomic E-state index is 0.655. The predicted octanol–water partition coefficient (Wildman–Crippen LogP) is 2.49. The average molecular weight is 267 g/mol. The Bertz CT molecular complexity index is 439. The van der Waals surface area contributed by atoms with Gasteiger partial charge in [-0.15, -0.1) is 0 Å². The van der Waals surface area contributed by atoms with Gasteiger partial charge in [-0.25, -0.2) is 9.97 Å². The van der Waals surface area contributed by atoms with E-state index < -0.39 is 0 Å². The molecule has 2 rings (SSSR count). The summed E-state index contributed by atoms with van der Waals surface area (Å²) < 4.78 is 0.989.